The number of hydrogen-bond acceptors (Lipinski definition) is 2. The van der Waals surface area contributed by atoms with Crippen LogP contribution in [0.5, 0.6) is 0 Å². The minimum absolute atomic E-state index is 0.280. The first-order valence-corrected chi connectivity index (χ1v) is 6.25. The van der Waals surface area contributed by atoms with E-state index in [9.17, 15) is 13.6 Å². The van der Waals surface area contributed by atoms with E-state index in [4.69, 9.17) is 0 Å². The lowest BCUT2D eigenvalue weighted by Crippen LogP contribution is -2.14. The van der Waals surface area contributed by atoms with Crippen molar-refractivity contribution in [1.29, 1.82) is 0 Å². The third-order valence-corrected chi connectivity index (χ3v) is 3.03. The molecule has 0 aliphatic carbocycles. The van der Waals surface area contributed by atoms with Gasteiger partial charge in [-0.15, -0.1) is 0 Å². The molecule has 0 saturated heterocycles. The lowest BCUT2D eigenvalue weighted by Gasteiger charge is -2.07. The summed E-state index contributed by atoms with van der Waals surface area (Å²) in [6.07, 6.45) is 3.32. The highest BCUT2D eigenvalue weighted by Gasteiger charge is 2.14. The van der Waals surface area contributed by atoms with E-state index >= 15 is 0 Å². The smallest absolute Gasteiger partial charge is 0.257 e. The monoisotopic (exact) mass is 287 g/mol. The number of aryl methyl sites for hydroxylation is 1. The third-order valence-electron chi connectivity index (χ3n) is 3.03. The Morgan fingerprint density at radius 2 is 1.86 bits per heavy atom. The maximum absolute atomic E-state index is 13.5. The van der Waals surface area contributed by atoms with E-state index in [1.165, 1.54) is 6.07 Å². The van der Waals surface area contributed by atoms with Gasteiger partial charge in [0.15, 0.2) is 0 Å². The molecule has 0 fully saturated rings. The summed E-state index contributed by atoms with van der Waals surface area (Å²) < 4.78 is 28.7. The molecule has 0 bridgehead atoms. The minimum Gasteiger partial charge on any atom is -0.317 e. The van der Waals surface area contributed by atoms with E-state index in [2.05, 4.69) is 10.3 Å². The first kappa shape index (κ1) is 13.2. The summed E-state index contributed by atoms with van der Waals surface area (Å²) in [7, 11) is 0. The number of fused-ring (bicyclic) bond motifs is 1. The summed E-state index contributed by atoms with van der Waals surface area (Å²) in [6, 6.07) is 6.62. The number of rotatable bonds is 2. The molecule has 1 aromatic carbocycles. The zero-order chi connectivity index (χ0) is 15.0. The zero-order valence-corrected chi connectivity index (χ0v) is 11.1. The number of aromatic nitrogens is 2. The lowest BCUT2D eigenvalue weighted by molar-refractivity contribution is 0.102. The molecule has 3 aromatic rings. The van der Waals surface area contributed by atoms with E-state index in [0.29, 0.717) is 5.65 Å². The number of para-hydroxylation sites is 1. The van der Waals surface area contributed by atoms with Crippen LogP contribution >= 0.6 is 0 Å². The number of nitrogens with zero attached hydrogens (tertiary/aromatic N) is 2. The fourth-order valence-electron chi connectivity index (χ4n) is 2.06. The van der Waals surface area contributed by atoms with Crippen molar-refractivity contribution in [2.75, 3.05) is 5.32 Å². The van der Waals surface area contributed by atoms with E-state index in [1.807, 2.05) is 6.92 Å². The summed E-state index contributed by atoms with van der Waals surface area (Å²) in [5.41, 5.74) is 1.33. The Bertz CT molecular complexity index is 822. The number of benzene rings is 1. The Morgan fingerprint density at radius 3 is 2.57 bits per heavy atom. The van der Waals surface area contributed by atoms with Crippen LogP contribution in [0.1, 0.15) is 16.1 Å². The molecule has 0 spiro atoms. The fraction of sp³-hybridized carbons (Fsp3) is 0.0667. The number of anilines is 1. The fourth-order valence-corrected chi connectivity index (χ4v) is 2.06. The van der Waals surface area contributed by atoms with Crippen LogP contribution < -0.4 is 5.32 Å². The van der Waals surface area contributed by atoms with Crippen molar-refractivity contribution >= 4 is 17.2 Å². The first-order chi connectivity index (χ1) is 10.0. The molecule has 0 atom stereocenters. The molecule has 1 N–H and O–H groups in total. The van der Waals surface area contributed by atoms with Crippen LogP contribution in [0.25, 0.3) is 5.65 Å². The molecular weight excluding hydrogens is 276 g/mol. The average Bonchev–Trinajstić information content (AvgIpc) is 2.81. The Hall–Kier alpha value is -2.76. The second-order valence-electron chi connectivity index (χ2n) is 4.62. The van der Waals surface area contributed by atoms with Crippen molar-refractivity contribution in [2.24, 2.45) is 0 Å². The SMILES string of the molecule is Cc1cn2cc(C(=O)Nc3c(F)cccc3F)ccc2n1. The van der Waals surface area contributed by atoms with Gasteiger partial charge in [0.25, 0.3) is 5.91 Å². The van der Waals surface area contributed by atoms with Gasteiger partial charge in [0.1, 0.15) is 23.0 Å². The molecule has 2 heterocycles. The highest BCUT2D eigenvalue weighted by molar-refractivity contribution is 6.04. The highest BCUT2D eigenvalue weighted by atomic mass is 19.1. The largest absolute Gasteiger partial charge is 0.317 e. The van der Waals surface area contributed by atoms with Crippen molar-refractivity contribution in [3.8, 4) is 0 Å². The van der Waals surface area contributed by atoms with Crippen LogP contribution in [0.2, 0.25) is 0 Å². The normalized spacial score (nSPS) is 10.8. The standard InChI is InChI=1S/C15H11F2N3O/c1-9-7-20-8-10(5-6-13(20)18-9)15(21)19-14-11(16)3-2-4-12(14)17/h2-8H,1H3,(H,19,21). The van der Waals surface area contributed by atoms with Crippen molar-refractivity contribution in [2.45, 2.75) is 6.92 Å². The van der Waals surface area contributed by atoms with Crippen LogP contribution in [0.4, 0.5) is 14.5 Å². The van der Waals surface area contributed by atoms with E-state index in [-0.39, 0.29) is 5.56 Å². The molecule has 0 aliphatic heterocycles. The maximum Gasteiger partial charge on any atom is 0.257 e. The first-order valence-electron chi connectivity index (χ1n) is 6.25. The van der Waals surface area contributed by atoms with E-state index < -0.39 is 23.2 Å². The van der Waals surface area contributed by atoms with Crippen LogP contribution in [-0.4, -0.2) is 15.3 Å². The molecule has 106 valence electrons. The molecule has 21 heavy (non-hydrogen) atoms. The molecule has 0 radical (unpaired) electrons. The summed E-state index contributed by atoms with van der Waals surface area (Å²) in [5, 5.41) is 2.24. The molecule has 0 saturated carbocycles. The Balaban J connectivity index is 1.93. The number of nitrogens with one attached hydrogen (secondary N) is 1. The van der Waals surface area contributed by atoms with Gasteiger partial charge in [-0.2, -0.15) is 0 Å². The van der Waals surface area contributed by atoms with Gasteiger partial charge >= 0.3 is 0 Å². The molecule has 3 rings (SSSR count). The van der Waals surface area contributed by atoms with E-state index in [1.54, 1.807) is 28.9 Å². The predicted molar refractivity (Wildman–Crippen MR) is 74.2 cm³/mol. The molecule has 1 amide bonds. The van der Waals surface area contributed by atoms with Gasteiger partial charge in [-0.05, 0) is 31.2 Å². The second-order valence-corrected chi connectivity index (χ2v) is 4.62. The van der Waals surface area contributed by atoms with E-state index in [0.717, 1.165) is 17.8 Å². The number of hydrogen-bond donors (Lipinski definition) is 1. The Morgan fingerprint density at radius 1 is 1.14 bits per heavy atom. The minimum atomic E-state index is -0.817. The summed E-state index contributed by atoms with van der Waals surface area (Å²) in [6.45, 7) is 1.83. The highest BCUT2D eigenvalue weighted by Crippen LogP contribution is 2.19. The molecular formula is C15H11F2N3O. The van der Waals surface area contributed by atoms with Crippen molar-refractivity contribution in [1.82, 2.24) is 9.38 Å². The van der Waals surface area contributed by atoms with Crippen LogP contribution in [-0.2, 0) is 0 Å². The molecule has 0 aliphatic rings. The number of imidazole rings is 1. The van der Waals surface area contributed by atoms with Crippen molar-refractivity contribution < 1.29 is 13.6 Å². The molecule has 2 aromatic heterocycles. The predicted octanol–water partition coefficient (Wildman–Crippen LogP) is 3.17. The summed E-state index contributed by atoms with van der Waals surface area (Å²) in [4.78, 5) is 16.3. The number of amides is 1. The van der Waals surface area contributed by atoms with Gasteiger partial charge < -0.3 is 9.72 Å². The number of halogens is 2. The Kier molecular flexibility index (Phi) is 3.13. The van der Waals surface area contributed by atoms with Gasteiger partial charge in [0, 0.05) is 12.4 Å². The van der Waals surface area contributed by atoms with Gasteiger partial charge in [-0.3, -0.25) is 4.79 Å². The van der Waals surface area contributed by atoms with Crippen molar-refractivity contribution in [3.05, 3.63) is 65.6 Å². The molecule has 4 nitrogen and oxygen atoms in total. The summed E-state index contributed by atoms with van der Waals surface area (Å²) >= 11 is 0. The van der Waals surface area contributed by atoms with Gasteiger partial charge in [0.05, 0.1) is 11.3 Å². The number of pyridine rings is 1. The van der Waals surface area contributed by atoms with Gasteiger partial charge in [-0.25, -0.2) is 13.8 Å². The lowest BCUT2D eigenvalue weighted by atomic mass is 10.2. The topological polar surface area (TPSA) is 46.4 Å². The second kappa shape index (κ2) is 4.97. The van der Waals surface area contributed by atoms with Crippen molar-refractivity contribution in [3.63, 3.8) is 0 Å². The number of carbonyl (C=O) groups is 1. The van der Waals surface area contributed by atoms with Gasteiger partial charge in [-0.1, -0.05) is 6.07 Å². The van der Waals surface area contributed by atoms with Crippen LogP contribution in [0.15, 0.2) is 42.7 Å². The number of carbonyl (C=O) groups excluding carboxylic acids is 1. The quantitative estimate of drug-likeness (QED) is 0.787. The summed E-state index contributed by atoms with van der Waals surface area (Å²) in [5.74, 6) is -2.22. The maximum atomic E-state index is 13.5. The average molecular weight is 287 g/mol. The van der Waals surface area contributed by atoms with Gasteiger partial charge in [0.2, 0.25) is 0 Å². The zero-order valence-electron chi connectivity index (χ0n) is 11.1. The van der Waals surface area contributed by atoms with Crippen LogP contribution in [0.3, 0.4) is 0 Å². The Labute approximate surface area is 119 Å². The molecule has 0 unspecified atom stereocenters. The molecule has 6 heteroatoms. The third kappa shape index (κ3) is 2.47. The van der Waals surface area contributed by atoms with Crippen LogP contribution in [0, 0.1) is 18.6 Å².